The average molecular weight is 813 g/mol. The normalized spacial score (nSPS) is 14.5. The molecule has 20 heteroatoms. The summed E-state index contributed by atoms with van der Waals surface area (Å²) >= 11 is 0. The van der Waals surface area contributed by atoms with Crippen molar-refractivity contribution >= 4 is 61.2 Å². The van der Waals surface area contributed by atoms with E-state index >= 15 is 0 Å². The van der Waals surface area contributed by atoms with Crippen LogP contribution in [0.2, 0.25) is 0 Å². The smallest absolute Gasteiger partial charge is 0.303 e. The van der Waals surface area contributed by atoms with E-state index < -0.39 is 74.4 Å². The Morgan fingerprint density at radius 3 is 1.89 bits per heavy atom. The highest BCUT2D eigenvalue weighted by atomic mass is 32.2. The zero-order valence-electron chi connectivity index (χ0n) is 30.8. The summed E-state index contributed by atoms with van der Waals surface area (Å²) in [7, 11) is -8.85. The van der Waals surface area contributed by atoms with Crippen LogP contribution < -0.4 is 15.5 Å². The van der Waals surface area contributed by atoms with Crippen molar-refractivity contribution in [3.63, 3.8) is 0 Å². The van der Waals surface area contributed by atoms with E-state index in [0.29, 0.717) is 56.5 Å². The van der Waals surface area contributed by atoms with Gasteiger partial charge in [0.15, 0.2) is 0 Å². The summed E-state index contributed by atoms with van der Waals surface area (Å²) in [6.45, 7) is 4.41. The van der Waals surface area contributed by atoms with Gasteiger partial charge in [0.1, 0.15) is 5.76 Å². The lowest BCUT2D eigenvalue weighted by Crippen LogP contribution is -2.32. The first-order chi connectivity index (χ1) is 25.6. The number of hydrogen-bond acceptors (Lipinski definition) is 12. The minimum Gasteiger partial charge on any atom is -0.506 e. The van der Waals surface area contributed by atoms with Crippen LogP contribution in [-0.2, 0) is 34.6 Å². The van der Waals surface area contributed by atoms with E-state index in [1.54, 1.807) is 18.7 Å². The predicted octanol–water partition coefficient (Wildman–Crippen LogP) is 3.01. The number of aliphatic carboxylic acids is 2. The van der Waals surface area contributed by atoms with Crippen molar-refractivity contribution in [3.8, 4) is 0 Å². The molecule has 0 aliphatic heterocycles. The summed E-state index contributed by atoms with van der Waals surface area (Å²) in [6, 6.07) is 2.58. The van der Waals surface area contributed by atoms with E-state index in [0.717, 1.165) is 0 Å². The van der Waals surface area contributed by atoms with Gasteiger partial charge >= 0.3 is 11.9 Å². The minimum absolute atomic E-state index is 0.0231. The molecule has 0 aromatic heterocycles. The van der Waals surface area contributed by atoms with E-state index in [4.69, 9.17) is 19.3 Å². The Bertz CT molecular complexity index is 1980. The summed E-state index contributed by atoms with van der Waals surface area (Å²) in [5.74, 6) is -5.89. The number of carboxylic acids is 2. The van der Waals surface area contributed by atoms with Crippen molar-refractivity contribution in [1.29, 1.82) is 0 Å². The van der Waals surface area contributed by atoms with E-state index in [-0.39, 0.29) is 58.7 Å². The summed E-state index contributed by atoms with van der Waals surface area (Å²) < 4.78 is 63.1. The lowest BCUT2D eigenvalue weighted by atomic mass is 9.86. The molecular weight excluding hydrogens is 765 g/mol. The fourth-order valence-corrected chi connectivity index (χ4v) is 6.13. The van der Waals surface area contributed by atoms with Gasteiger partial charge in [0, 0.05) is 67.2 Å². The number of rotatable bonds is 24. The van der Waals surface area contributed by atoms with Gasteiger partial charge in [0.05, 0.1) is 22.7 Å². The van der Waals surface area contributed by atoms with Crippen molar-refractivity contribution in [2.45, 2.75) is 72.1 Å². The third-order valence-corrected chi connectivity index (χ3v) is 9.72. The number of nitrogens with one attached hydrogen (secondary N) is 2. The highest BCUT2D eigenvalue weighted by Crippen LogP contribution is 2.34. The van der Waals surface area contributed by atoms with Gasteiger partial charge in [-0.15, -0.1) is 0 Å². The number of aliphatic hydroxyl groups excluding tert-OH is 1. The van der Waals surface area contributed by atoms with E-state index in [1.165, 1.54) is 31.2 Å². The van der Waals surface area contributed by atoms with Crippen LogP contribution in [0.5, 0.6) is 0 Å². The van der Waals surface area contributed by atoms with Crippen LogP contribution in [-0.4, -0.2) is 114 Å². The first-order valence-corrected chi connectivity index (χ1v) is 20.5. The number of ketones is 1. The Labute approximate surface area is 319 Å². The van der Waals surface area contributed by atoms with Crippen LogP contribution in [0.4, 0.5) is 5.69 Å². The fraction of sp³-hybridized carbons (Fsp3) is 0.486. The molecule has 0 unspecified atom stereocenters. The van der Waals surface area contributed by atoms with Gasteiger partial charge in [-0.2, -0.15) is 16.8 Å². The van der Waals surface area contributed by atoms with Gasteiger partial charge in [-0.05, 0) is 76.3 Å². The molecule has 0 atom stereocenters. The number of allylic oxidation sites excluding steroid dienone is 5. The van der Waals surface area contributed by atoms with Crippen LogP contribution in [0, 0.1) is 6.92 Å². The number of nitrogens with zero attached hydrogens (tertiary/aromatic N) is 2. The molecule has 0 bridgehead atoms. The Kier molecular flexibility index (Phi) is 17.9. The summed E-state index contributed by atoms with van der Waals surface area (Å²) in [6.07, 6.45) is 5.83. The number of hydrogen-bond donors (Lipinski definition) is 7. The third kappa shape index (κ3) is 16.1. The Balaban J connectivity index is 2.56. The SMILES string of the molecule is CC(/C=C1/C(=O)C(/C=C(\C)N(CCCCCC(=O)O)c2cc(C(=O)NCCS(=O)(=O)O)cc(C(=O)NCCS(=O)(=O)O)c2C)=C1O)=NCCCCCC(=O)O. The second-order valence-electron chi connectivity index (χ2n) is 12.8. The highest BCUT2D eigenvalue weighted by molar-refractivity contribution is 7.86. The molecule has 0 radical (unpaired) electrons. The Hall–Kier alpha value is -4.92. The van der Waals surface area contributed by atoms with Crippen LogP contribution >= 0.6 is 0 Å². The molecule has 2 rings (SSSR count). The molecule has 1 aliphatic rings. The number of carbonyl (C=O) groups excluding carboxylic acids is 3. The molecule has 0 saturated heterocycles. The zero-order chi connectivity index (χ0) is 41.5. The molecule has 18 nitrogen and oxygen atoms in total. The number of aliphatic imine (C=N–C) groups is 1. The number of anilines is 1. The first kappa shape index (κ1) is 46.2. The van der Waals surface area contributed by atoms with Crippen LogP contribution in [0.15, 0.2) is 51.9 Å². The number of aliphatic hydroxyl groups is 1. The number of carboxylic acid groups (broad SMARTS) is 2. The number of amides is 2. The maximum Gasteiger partial charge on any atom is 0.303 e. The molecule has 304 valence electrons. The third-order valence-electron chi connectivity index (χ3n) is 8.28. The maximum atomic E-state index is 13.3. The molecule has 7 N–H and O–H groups in total. The molecule has 0 saturated carbocycles. The summed E-state index contributed by atoms with van der Waals surface area (Å²) in [4.78, 5) is 67.5. The van der Waals surface area contributed by atoms with E-state index in [9.17, 15) is 45.9 Å². The maximum absolute atomic E-state index is 13.3. The molecule has 0 heterocycles. The summed E-state index contributed by atoms with van der Waals surface area (Å²) in [5.41, 5.74) is 1.12. The lowest BCUT2D eigenvalue weighted by Gasteiger charge is -2.30. The van der Waals surface area contributed by atoms with Crippen molar-refractivity contribution in [1.82, 2.24) is 10.6 Å². The van der Waals surface area contributed by atoms with Gasteiger partial charge in [0.2, 0.25) is 5.78 Å². The molecule has 0 spiro atoms. The second kappa shape index (κ2) is 21.2. The van der Waals surface area contributed by atoms with Gasteiger partial charge in [-0.25, -0.2) is 0 Å². The molecule has 0 fully saturated rings. The van der Waals surface area contributed by atoms with Gasteiger partial charge in [0.25, 0.3) is 32.1 Å². The van der Waals surface area contributed by atoms with Crippen LogP contribution in [0.25, 0.3) is 0 Å². The lowest BCUT2D eigenvalue weighted by molar-refractivity contribution is -0.138. The monoisotopic (exact) mass is 812 g/mol. The summed E-state index contributed by atoms with van der Waals surface area (Å²) in [5, 5.41) is 33.4. The van der Waals surface area contributed by atoms with Gasteiger partial charge in [-0.1, -0.05) is 12.8 Å². The number of benzene rings is 1. The Morgan fingerprint density at radius 1 is 0.818 bits per heavy atom. The van der Waals surface area contributed by atoms with Gasteiger partial charge in [-0.3, -0.25) is 38.1 Å². The largest absolute Gasteiger partial charge is 0.506 e. The van der Waals surface area contributed by atoms with Crippen molar-refractivity contribution in [2.75, 3.05) is 42.6 Å². The molecule has 55 heavy (non-hydrogen) atoms. The average Bonchev–Trinajstić information content (AvgIpc) is 3.07. The van der Waals surface area contributed by atoms with E-state index in [2.05, 4.69) is 15.6 Å². The number of carbonyl (C=O) groups is 5. The molecule has 2 amide bonds. The van der Waals surface area contributed by atoms with Crippen molar-refractivity contribution in [2.24, 2.45) is 4.99 Å². The molecular formula is C35H48N4O14S2. The quantitative estimate of drug-likeness (QED) is 0.0342. The highest BCUT2D eigenvalue weighted by Gasteiger charge is 2.33. The first-order valence-electron chi connectivity index (χ1n) is 17.3. The van der Waals surface area contributed by atoms with Gasteiger partial charge < -0.3 is 30.9 Å². The standard InChI is InChI=1S/C35H48N4O14S2/c1-22(36-12-8-4-6-10-30(40)41)18-27-32(44)28(33(27)45)19-23(2)39(15-9-5-7-11-31(42)43)29-21-25(34(46)37-13-16-54(48,49)50)20-26(24(29)3)35(47)38-14-17-55(51,52)53/h18-21,44H,4-17H2,1-3H3,(H,37,46)(H,38,47)(H,40,41)(H,42,43)(H,48,49,50)(H,51,52,53)/b23-19+,27-18+,36-22?. The fourth-order valence-electron chi connectivity index (χ4n) is 5.41. The number of unbranched alkanes of at least 4 members (excludes halogenated alkanes) is 4. The van der Waals surface area contributed by atoms with Crippen molar-refractivity contribution in [3.05, 3.63) is 63.6 Å². The van der Waals surface area contributed by atoms with Crippen LogP contribution in [0.1, 0.15) is 91.5 Å². The minimum atomic E-state index is -4.43. The topological polar surface area (TPSA) is 294 Å². The molecule has 1 aromatic carbocycles. The van der Waals surface area contributed by atoms with Crippen LogP contribution in [0.3, 0.4) is 0 Å². The number of Topliss-reactive ketones (excluding diaryl/α,β-unsaturated/α-hetero) is 1. The second-order valence-corrected chi connectivity index (χ2v) is 15.9. The molecule has 1 aromatic rings. The predicted molar refractivity (Wildman–Crippen MR) is 203 cm³/mol. The Morgan fingerprint density at radius 2 is 1.36 bits per heavy atom. The zero-order valence-corrected chi connectivity index (χ0v) is 32.5. The molecule has 1 aliphatic carbocycles. The van der Waals surface area contributed by atoms with E-state index in [1.807, 2.05) is 0 Å². The van der Waals surface area contributed by atoms with Crippen molar-refractivity contribution < 1.29 is 65.2 Å².